The number of urea groups is 1. The van der Waals surface area contributed by atoms with Crippen LogP contribution in [0.25, 0.3) is 5.65 Å². The van der Waals surface area contributed by atoms with Crippen LogP contribution in [0.15, 0.2) is 48.8 Å². The van der Waals surface area contributed by atoms with E-state index in [9.17, 15) is 4.79 Å². The Balaban J connectivity index is 1.63. The maximum Gasteiger partial charge on any atom is 0.315 e. The molecule has 2 heterocycles. The van der Waals surface area contributed by atoms with Crippen LogP contribution in [-0.4, -0.2) is 22.5 Å². The van der Waals surface area contributed by atoms with Gasteiger partial charge in [0.1, 0.15) is 11.4 Å². The Morgan fingerprint density at radius 2 is 1.96 bits per heavy atom. The van der Waals surface area contributed by atoms with Crippen molar-refractivity contribution in [1.82, 2.24) is 20.0 Å². The predicted molar refractivity (Wildman–Crippen MR) is 106 cm³/mol. The number of nitrogens with zero attached hydrogens (tertiary/aromatic N) is 2. The van der Waals surface area contributed by atoms with Crippen molar-refractivity contribution in [1.29, 1.82) is 0 Å². The van der Waals surface area contributed by atoms with E-state index in [2.05, 4.69) is 29.5 Å². The lowest BCUT2D eigenvalue weighted by molar-refractivity contribution is 0.232. The van der Waals surface area contributed by atoms with Crippen molar-refractivity contribution in [2.75, 3.05) is 7.11 Å². The molecular formula is C21H26N4O2. The van der Waals surface area contributed by atoms with E-state index in [4.69, 9.17) is 4.74 Å². The van der Waals surface area contributed by atoms with Gasteiger partial charge in [0.2, 0.25) is 0 Å². The Labute approximate surface area is 159 Å². The number of hydrogen-bond acceptors (Lipinski definition) is 3. The van der Waals surface area contributed by atoms with E-state index in [1.54, 1.807) is 7.11 Å². The van der Waals surface area contributed by atoms with Crippen LogP contribution < -0.4 is 15.4 Å². The maximum absolute atomic E-state index is 12.4. The standard InChI is InChI=1S/C21H26N4O2/c1-14(2)20(16-5-7-18(27-4)8-6-16)24-21(26)22-12-17-13-25-10-9-15(3)11-19(25)23-17/h5-11,13-14,20H,12H2,1-4H3,(H2,22,24,26)/t20-/m1/s1. The highest BCUT2D eigenvalue weighted by molar-refractivity contribution is 5.74. The van der Waals surface area contributed by atoms with E-state index >= 15 is 0 Å². The molecule has 3 rings (SSSR count). The van der Waals surface area contributed by atoms with Gasteiger partial charge in [0.25, 0.3) is 0 Å². The summed E-state index contributed by atoms with van der Waals surface area (Å²) >= 11 is 0. The van der Waals surface area contributed by atoms with E-state index < -0.39 is 0 Å². The van der Waals surface area contributed by atoms with Gasteiger partial charge in [-0.1, -0.05) is 26.0 Å². The third-order valence-electron chi connectivity index (χ3n) is 4.52. The lowest BCUT2D eigenvalue weighted by atomic mass is 9.96. The van der Waals surface area contributed by atoms with Gasteiger partial charge in [-0.05, 0) is 48.2 Å². The van der Waals surface area contributed by atoms with Crippen LogP contribution in [0, 0.1) is 12.8 Å². The molecule has 2 aromatic heterocycles. The molecule has 0 aliphatic carbocycles. The number of aromatic nitrogens is 2. The number of hydrogen-bond donors (Lipinski definition) is 2. The van der Waals surface area contributed by atoms with Crippen molar-refractivity contribution in [3.05, 3.63) is 65.6 Å². The number of carbonyl (C=O) groups excluding carboxylic acids is 1. The first-order chi connectivity index (χ1) is 13.0. The molecule has 0 unspecified atom stereocenters. The lowest BCUT2D eigenvalue weighted by Gasteiger charge is -2.23. The van der Waals surface area contributed by atoms with Gasteiger partial charge in [0, 0.05) is 12.4 Å². The monoisotopic (exact) mass is 366 g/mol. The molecule has 0 aliphatic heterocycles. The number of benzene rings is 1. The second kappa shape index (κ2) is 8.12. The fourth-order valence-corrected chi connectivity index (χ4v) is 3.03. The summed E-state index contributed by atoms with van der Waals surface area (Å²) in [5.74, 6) is 1.05. The number of nitrogens with one attached hydrogen (secondary N) is 2. The van der Waals surface area contributed by atoms with Crippen LogP contribution in [0.2, 0.25) is 0 Å². The summed E-state index contributed by atoms with van der Waals surface area (Å²) in [6.45, 7) is 6.57. The first-order valence-electron chi connectivity index (χ1n) is 9.09. The van der Waals surface area contributed by atoms with Crippen LogP contribution in [0.1, 0.15) is 36.7 Å². The number of carbonyl (C=O) groups is 1. The highest BCUT2D eigenvalue weighted by Crippen LogP contribution is 2.23. The number of aryl methyl sites for hydroxylation is 1. The Hall–Kier alpha value is -3.02. The molecule has 2 N–H and O–H groups in total. The van der Waals surface area contributed by atoms with Gasteiger partial charge in [0.05, 0.1) is 25.4 Å². The zero-order valence-electron chi connectivity index (χ0n) is 16.2. The van der Waals surface area contributed by atoms with Crippen LogP contribution in [-0.2, 0) is 6.54 Å². The molecule has 2 amide bonds. The van der Waals surface area contributed by atoms with Gasteiger partial charge in [-0.2, -0.15) is 0 Å². The molecule has 0 saturated heterocycles. The van der Waals surface area contributed by atoms with Crippen molar-refractivity contribution in [2.45, 2.75) is 33.4 Å². The molecular weight excluding hydrogens is 340 g/mol. The highest BCUT2D eigenvalue weighted by Gasteiger charge is 2.18. The van der Waals surface area contributed by atoms with Gasteiger partial charge in [-0.3, -0.25) is 0 Å². The number of rotatable bonds is 6. The van der Waals surface area contributed by atoms with Gasteiger partial charge >= 0.3 is 6.03 Å². The highest BCUT2D eigenvalue weighted by atomic mass is 16.5. The fourth-order valence-electron chi connectivity index (χ4n) is 3.03. The van der Waals surface area contributed by atoms with E-state index in [1.807, 2.05) is 60.1 Å². The second-order valence-corrected chi connectivity index (χ2v) is 7.02. The third-order valence-corrected chi connectivity index (χ3v) is 4.52. The average molecular weight is 366 g/mol. The normalized spacial score (nSPS) is 12.2. The van der Waals surface area contributed by atoms with E-state index in [1.165, 1.54) is 0 Å². The van der Waals surface area contributed by atoms with Crippen molar-refractivity contribution >= 4 is 11.7 Å². The summed E-state index contributed by atoms with van der Waals surface area (Å²) < 4.78 is 7.16. The molecule has 6 nitrogen and oxygen atoms in total. The first-order valence-corrected chi connectivity index (χ1v) is 9.09. The molecule has 1 atom stereocenters. The smallest absolute Gasteiger partial charge is 0.315 e. The average Bonchev–Trinajstić information content (AvgIpc) is 3.06. The summed E-state index contributed by atoms with van der Waals surface area (Å²) in [6, 6.07) is 11.5. The Bertz CT molecular complexity index is 916. The number of pyridine rings is 1. The van der Waals surface area contributed by atoms with Crippen molar-refractivity contribution < 1.29 is 9.53 Å². The molecule has 0 fully saturated rings. The second-order valence-electron chi connectivity index (χ2n) is 7.02. The summed E-state index contributed by atoms with van der Waals surface area (Å²) in [5.41, 5.74) is 3.90. The number of fused-ring (bicyclic) bond motifs is 1. The summed E-state index contributed by atoms with van der Waals surface area (Å²) in [6.07, 6.45) is 3.90. The molecule has 6 heteroatoms. The summed E-state index contributed by atoms with van der Waals surface area (Å²) in [7, 11) is 1.64. The zero-order valence-corrected chi connectivity index (χ0v) is 16.2. The zero-order chi connectivity index (χ0) is 19.4. The summed E-state index contributed by atoms with van der Waals surface area (Å²) in [4.78, 5) is 17.0. The van der Waals surface area contributed by atoms with Gasteiger partial charge in [-0.15, -0.1) is 0 Å². The largest absolute Gasteiger partial charge is 0.497 e. The van der Waals surface area contributed by atoms with E-state index in [0.717, 1.165) is 28.2 Å². The third kappa shape index (κ3) is 4.58. The molecule has 0 radical (unpaired) electrons. The quantitative estimate of drug-likeness (QED) is 0.696. The molecule has 0 saturated carbocycles. The van der Waals surface area contributed by atoms with E-state index in [0.29, 0.717) is 6.54 Å². The molecule has 3 aromatic rings. The van der Waals surface area contributed by atoms with Gasteiger partial charge in [-0.25, -0.2) is 9.78 Å². The van der Waals surface area contributed by atoms with Crippen LogP contribution in [0.4, 0.5) is 4.79 Å². The van der Waals surface area contributed by atoms with Gasteiger partial charge in [0.15, 0.2) is 0 Å². The maximum atomic E-state index is 12.4. The SMILES string of the molecule is COc1ccc([C@H](NC(=O)NCc2cn3ccc(C)cc3n2)C(C)C)cc1. The van der Waals surface area contributed by atoms with Crippen molar-refractivity contribution in [2.24, 2.45) is 5.92 Å². The minimum atomic E-state index is -0.210. The molecule has 27 heavy (non-hydrogen) atoms. The van der Waals surface area contributed by atoms with Crippen molar-refractivity contribution in [3.8, 4) is 5.75 Å². The minimum absolute atomic E-state index is 0.0837. The molecule has 0 spiro atoms. The predicted octanol–water partition coefficient (Wildman–Crippen LogP) is 3.85. The van der Waals surface area contributed by atoms with Crippen molar-refractivity contribution in [3.63, 3.8) is 0 Å². The van der Waals surface area contributed by atoms with Crippen LogP contribution >= 0.6 is 0 Å². The molecule has 142 valence electrons. The van der Waals surface area contributed by atoms with Gasteiger partial charge < -0.3 is 19.8 Å². The first kappa shape index (κ1) is 18.8. The summed E-state index contributed by atoms with van der Waals surface area (Å²) in [5, 5.41) is 5.96. The Morgan fingerprint density at radius 1 is 1.22 bits per heavy atom. The van der Waals surface area contributed by atoms with Crippen LogP contribution in [0.5, 0.6) is 5.75 Å². The Morgan fingerprint density at radius 3 is 2.63 bits per heavy atom. The van der Waals surface area contributed by atoms with E-state index in [-0.39, 0.29) is 18.0 Å². The lowest BCUT2D eigenvalue weighted by Crippen LogP contribution is -2.39. The van der Waals surface area contributed by atoms with Crippen LogP contribution in [0.3, 0.4) is 0 Å². The number of imidazole rings is 1. The molecule has 0 aliphatic rings. The number of ether oxygens (including phenoxy) is 1. The fraction of sp³-hybridized carbons (Fsp3) is 0.333. The topological polar surface area (TPSA) is 67.7 Å². The minimum Gasteiger partial charge on any atom is -0.497 e. The Kier molecular flexibility index (Phi) is 5.64. The molecule has 1 aromatic carbocycles. The number of methoxy groups -OCH3 is 1. The number of amides is 2. The molecule has 0 bridgehead atoms.